The largest absolute Gasteiger partial charge is 0.468 e. The van der Waals surface area contributed by atoms with E-state index in [2.05, 4.69) is 14.7 Å². The van der Waals surface area contributed by atoms with E-state index in [9.17, 15) is 18.0 Å². The summed E-state index contributed by atoms with van der Waals surface area (Å²) in [6, 6.07) is 2.74. The number of rotatable bonds is 4. The zero-order valence-corrected chi connectivity index (χ0v) is 14.9. The maximum Gasteiger partial charge on any atom is 0.422 e. The van der Waals surface area contributed by atoms with E-state index in [1.54, 1.807) is 16.2 Å². The molecule has 1 aliphatic heterocycles. The van der Waals surface area contributed by atoms with Crippen LogP contribution in [0.3, 0.4) is 0 Å². The summed E-state index contributed by atoms with van der Waals surface area (Å²) in [7, 11) is 0. The number of nitrogens with zero attached hydrogens (tertiary/aromatic N) is 3. The van der Waals surface area contributed by atoms with E-state index in [1.165, 1.54) is 23.2 Å². The first-order valence-corrected chi connectivity index (χ1v) is 9.01. The van der Waals surface area contributed by atoms with Crippen molar-refractivity contribution in [2.75, 3.05) is 19.7 Å². The highest BCUT2D eigenvalue weighted by Gasteiger charge is 2.29. The molecule has 0 saturated carbocycles. The molecular weight excluding hydrogens is 367 g/mol. The Morgan fingerprint density at radius 3 is 2.69 bits per heavy atom. The lowest BCUT2D eigenvalue weighted by Crippen LogP contribution is -2.37. The van der Waals surface area contributed by atoms with Gasteiger partial charge in [-0.1, -0.05) is 0 Å². The van der Waals surface area contributed by atoms with Gasteiger partial charge in [0.1, 0.15) is 0 Å². The lowest BCUT2D eigenvalue weighted by Gasteiger charge is -2.31. The summed E-state index contributed by atoms with van der Waals surface area (Å²) in [5, 5.41) is 1.10. The number of likely N-dealkylation sites (tertiary alicyclic amines) is 1. The van der Waals surface area contributed by atoms with Crippen LogP contribution in [0.5, 0.6) is 5.88 Å². The van der Waals surface area contributed by atoms with Crippen LogP contribution in [0, 0.1) is 6.92 Å². The molecular formula is C17H18F3N3O2S. The second-order valence-corrected chi connectivity index (χ2v) is 7.43. The van der Waals surface area contributed by atoms with Crippen LogP contribution in [0.4, 0.5) is 13.2 Å². The summed E-state index contributed by atoms with van der Waals surface area (Å²) in [5.74, 6) is -0.0831. The SMILES string of the molecule is Cc1cnc(C2CCN(C(=O)c3ccnc(OCC(F)(F)F)c3)CC2)s1. The number of thiazole rings is 1. The number of carbonyl (C=O) groups excluding carboxylic acids is 1. The Kier molecular flexibility index (Phi) is 5.45. The summed E-state index contributed by atoms with van der Waals surface area (Å²) < 4.78 is 41.3. The van der Waals surface area contributed by atoms with Crippen LogP contribution in [-0.4, -0.2) is 46.6 Å². The molecule has 0 aromatic carbocycles. The lowest BCUT2D eigenvalue weighted by molar-refractivity contribution is -0.154. The predicted octanol–water partition coefficient (Wildman–Crippen LogP) is 3.81. The van der Waals surface area contributed by atoms with E-state index in [4.69, 9.17) is 0 Å². The molecule has 2 aromatic rings. The molecule has 2 aromatic heterocycles. The number of carbonyl (C=O) groups is 1. The van der Waals surface area contributed by atoms with Crippen LogP contribution in [-0.2, 0) is 0 Å². The van der Waals surface area contributed by atoms with Gasteiger partial charge in [0.25, 0.3) is 5.91 Å². The van der Waals surface area contributed by atoms with Gasteiger partial charge in [-0.2, -0.15) is 13.2 Å². The van der Waals surface area contributed by atoms with Gasteiger partial charge in [-0.15, -0.1) is 11.3 Å². The second kappa shape index (κ2) is 7.61. The number of halogens is 3. The highest BCUT2D eigenvalue weighted by atomic mass is 32.1. The fraction of sp³-hybridized carbons (Fsp3) is 0.471. The number of amides is 1. The molecule has 0 spiro atoms. The third kappa shape index (κ3) is 4.72. The van der Waals surface area contributed by atoms with Gasteiger partial charge in [-0.3, -0.25) is 4.79 Å². The number of piperidine rings is 1. The number of hydrogen-bond acceptors (Lipinski definition) is 5. The average molecular weight is 385 g/mol. The predicted molar refractivity (Wildman–Crippen MR) is 90.5 cm³/mol. The van der Waals surface area contributed by atoms with Gasteiger partial charge >= 0.3 is 6.18 Å². The summed E-state index contributed by atoms with van der Waals surface area (Å²) in [6.07, 6.45) is 0.335. The van der Waals surface area contributed by atoms with Gasteiger partial charge in [0.15, 0.2) is 6.61 Å². The molecule has 1 amide bonds. The molecule has 1 fully saturated rings. The molecule has 0 N–H and O–H groups in total. The second-order valence-electron chi connectivity index (χ2n) is 6.16. The van der Waals surface area contributed by atoms with Crippen molar-refractivity contribution >= 4 is 17.2 Å². The molecule has 9 heteroatoms. The summed E-state index contributed by atoms with van der Waals surface area (Å²) in [5.41, 5.74) is 0.278. The molecule has 1 saturated heterocycles. The van der Waals surface area contributed by atoms with Gasteiger partial charge in [0.2, 0.25) is 5.88 Å². The van der Waals surface area contributed by atoms with Crippen LogP contribution in [0.1, 0.15) is 39.0 Å². The van der Waals surface area contributed by atoms with E-state index >= 15 is 0 Å². The van der Waals surface area contributed by atoms with Gasteiger partial charge in [0, 0.05) is 47.9 Å². The van der Waals surface area contributed by atoms with Gasteiger partial charge in [-0.05, 0) is 25.8 Å². The van der Waals surface area contributed by atoms with Crippen molar-refractivity contribution in [3.8, 4) is 5.88 Å². The molecule has 140 valence electrons. The average Bonchev–Trinajstić information content (AvgIpc) is 3.06. The minimum atomic E-state index is -4.45. The lowest BCUT2D eigenvalue weighted by atomic mass is 9.97. The van der Waals surface area contributed by atoms with Gasteiger partial charge < -0.3 is 9.64 Å². The van der Waals surface area contributed by atoms with E-state index in [-0.39, 0.29) is 17.4 Å². The molecule has 3 rings (SSSR count). The number of ether oxygens (including phenoxy) is 1. The standard InChI is InChI=1S/C17H18F3N3O2S/c1-11-9-22-15(26-11)12-3-6-23(7-4-12)16(24)13-2-5-21-14(8-13)25-10-17(18,19)20/h2,5,8-9,12H,3-4,6-7,10H2,1H3. The maximum absolute atomic E-state index is 12.6. The Labute approximate surface area is 152 Å². The van der Waals surface area contributed by atoms with E-state index in [0.717, 1.165) is 17.8 Å². The Hall–Kier alpha value is -2.16. The third-order valence-electron chi connectivity index (χ3n) is 4.14. The molecule has 0 bridgehead atoms. The molecule has 0 aliphatic carbocycles. The maximum atomic E-state index is 12.6. The molecule has 0 unspecified atom stereocenters. The molecule has 5 nitrogen and oxygen atoms in total. The Morgan fingerprint density at radius 2 is 2.08 bits per heavy atom. The minimum Gasteiger partial charge on any atom is -0.468 e. The monoisotopic (exact) mass is 385 g/mol. The Bertz CT molecular complexity index is 771. The number of aryl methyl sites for hydroxylation is 1. The molecule has 3 heterocycles. The number of aromatic nitrogens is 2. The molecule has 26 heavy (non-hydrogen) atoms. The molecule has 0 radical (unpaired) electrons. The number of hydrogen-bond donors (Lipinski definition) is 0. The zero-order valence-electron chi connectivity index (χ0n) is 14.1. The van der Waals surface area contributed by atoms with Crippen molar-refractivity contribution in [2.24, 2.45) is 0 Å². The highest BCUT2D eigenvalue weighted by Crippen LogP contribution is 2.31. The van der Waals surface area contributed by atoms with Crippen LogP contribution in [0.25, 0.3) is 0 Å². The van der Waals surface area contributed by atoms with E-state index in [0.29, 0.717) is 19.0 Å². The van der Waals surface area contributed by atoms with E-state index < -0.39 is 12.8 Å². The van der Waals surface area contributed by atoms with Crippen LogP contribution in [0.15, 0.2) is 24.5 Å². The van der Waals surface area contributed by atoms with Crippen molar-refractivity contribution in [1.29, 1.82) is 0 Å². The number of pyridine rings is 1. The normalized spacial score (nSPS) is 15.9. The summed E-state index contributed by atoms with van der Waals surface area (Å²) in [4.78, 5) is 23.6. The smallest absolute Gasteiger partial charge is 0.422 e. The molecule has 1 aliphatic rings. The number of alkyl halides is 3. The molecule has 0 atom stereocenters. The van der Waals surface area contributed by atoms with Crippen LogP contribution < -0.4 is 4.74 Å². The van der Waals surface area contributed by atoms with Crippen molar-refractivity contribution in [3.63, 3.8) is 0 Å². The fourth-order valence-electron chi connectivity index (χ4n) is 2.85. The van der Waals surface area contributed by atoms with Gasteiger partial charge in [-0.25, -0.2) is 9.97 Å². The van der Waals surface area contributed by atoms with Crippen molar-refractivity contribution < 1.29 is 22.7 Å². The van der Waals surface area contributed by atoms with Crippen LogP contribution >= 0.6 is 11.3 Å². The Balaban J connectivity index is 1.60. The summed E-state index contributed by atoms with van der Waals surface area (Å²) in [6.45, 7) is 1.75. The quantitative estimate of drug-likeness (QED) is 0.803. The third-order valence-corrected chi connectivity index (χ3v) is 5.21. The van der Waals surface area contributed by atoms with E-state index in [1.807, 2.05) is 13.1 Å². The van der Waals surface area contributed by atoms with Crippen molar-refractivity contribution in [3.05, 3.63) is 40.0 Å². The fourth-order valence-corrected chi connectivity index (χ4v) is 3.79. The topological polar surface area (TPSA) is 55.3 Å². The van der Waals surface area contributed by atoms with Crippen molar-refractivity contribution in [2.45, 2.75) is 31.9 Å². The minimum absolute atomic E-state index is 0.207. The Morgan fingerprint density at radius 1 is 1.35 bits per heavy atom. The van der Waals surface area contributed by atoms with Gasteiger partial charge in [0.05, 0.1) is 5.01 Å². The first-order valence-electron chi connectivity index (χ1n) is 8.19. The van der Waals surface area contributed by atoms with Crippen LogP contribution in [0.2, 0.25) is 0 Å². The zero-order chi connectivity index (χ0) is 18.7. The summed E-state index contributed by atoms with van der Waals surface area (Å²) >= 11 is 1.68. The first-order chi connectivity index (χ1) is 12.3. The highest BCUT2D eigenvalue weighted by molar-refractivity contribution is 7.11. The van der Waals surface area contributed by atoms with Crippen molar-refractivity contribution in [1.82, 2.24) is 14.9 Å². The first kappa shape index (κ1) is 18.6.